The van der Waals surface area contributed by atoms with Gasteiger partial charge in [0, 0.05) is 129 Å². The van der Waals surface area contributed by atoms with E-state index in [1.165, 1.54) is 28.7 Å². The van der Waals surface area contributed by atoms with E-state index in [4.69, 9.17) is 135 Å². The molecule has 6 heterocycles. The fourth-order valence-electron chi connectivity index (χ4n) is 18.2. The van der Waals surface area contributed by atoms with Crippen LogP contribution in [0.3, 0.4) is 0 Å². The molecule has 0 radical (unpaired) electrons. The molecule has 798 valence electrons. The number of carbonyl (C=O) groups excluding carboxylic acids is 8. The summed E-state index contributed by atoms with van der Waals surface area (Å²) in [5.41, 5.74) is 12.8. The zero-order valence-corrected chi connectivity index (χ0v) is 91.1. The average molecular weight is 2160 g/mol. The Hall–Kier alpha value is -9.56. The third-order valence-corrected chi connectivity index (χ3v) is 28.7. The SMILES string of the molecule is CC(C)(C)OC(=O)N(CC1(C(N)=NO)CC1)[C@@H]1C[C@H]1c1ccccc1.CC(C)(C)OC(=O)N(CC1(c2noc(C(Cl)(Cl)Cl)n2)CC1)[C@@H]1C[C@H]1c1ccccc1.CC(C)(C)OC(=O)NC1CCN(C(=O)c2nc(C3(CN(C(=O)OC(C)(C)C)[C@@H]4C[C@H]4c4ccccc4)CC3)no2)CC1.CC(C)(C)OC(=O)NC1CCNCC1.NC1CCN(C(=O)c2nc(C3(CN[C@@H]4C[C@H]4c4ccccc4)CC3)no2)CC1.O=C(Cl)C(Cl)(Cl)Cl. The second-order valence-corrected chi connectivity index (χ2v) is 50.1. The Morgan fingerprint density at radius 1 is 0.452 bits per heavy atom. The molecule has 8 saturated carbocycles. The third-order valence-electron chi connectivity index (χ3n) is 27.2. The number of benzene rings is 4. The van der Waals surface area contributed by atoms with E-state index in [-0.39, 0.29) is 113 Å². The summed E-state index contributed by atoms with van der Waals surface area (Å²) in [7, 11) is 0. The molecule has 3 aromatic heterocycles. The van der Waals surface area contributed by atoms with Gasteiger partial charge in [0.15, 0.2) is 17.5 Å². The summed E-state index contributed by atoms with van der Waals surface area (Å²) in [4.78, 5) is 121. The lowest BCUT2D eigenvalue weighted by molar-refractivity contribution is -0.110. The number of alkyl carbamates (subject to hydrolysis) is 2. The fourth-order valence-corrected chi connectivity index (χ4v) is 18.4. The van der Waals surface area contributed by atoms with Crippen molar-refractivity contribution in [2.24, 2.45) is 22.0 Å². The summed E-state index contributed by atoms with van der Waals surface area (Å²) in [6.45, 7) is 34.1. The van der Waals surface area contributed by atoms with E-state index >= 15 is 0 Å². The van der Waals surface area contributed by atoms with E-state index in [2.05, 4.69) is 124 Å². The number of ether oxygens (including phenoxy) is 5. The minimum atomic E-state index is -1.96. The zero-order valence-electron chi connectivity index (χ0n) is 85.8. The first-order chi connectivity index (χ1) is 68.5. The highest BCUT2D eigenvalue weighted by Crippen LogP contribution is 2.57. The topological polar surface area (TPSA) is 448 Å². The monoisotopic (exact) mass is 2160 g/mol. The number of carbonyl (C=O) groups is 8. The van der Waals surface area contributed by atoms with Crippen LogP contribution in [0.25, 0.3) is 0 Å². The molecular formula is C104H141Cl7N18O17. The zero-order chi connectivity index (χ0) is 106. The molecule has 11 aliphatic rings. The van der Waals surface area contributed by atoms with Crippen LogP contribution >= 0.6 is 81.2 Å². The molecule has 0 bridgehead atoms. The number of hydrogen-bond acceptors (Lipinski definition) is 27. The van der Waals surface area contributed by atoms with Crippen LogP contribution in [0.15, 0.2) is 140 Å². The van der Waals surface area contributed by atoms with Crippen LogP contribution in [0.5, 0.6) is 0 Å². The number of aromatic nitrogens is 6. The number of amides is 7. The Bertz CT molecular complexity index is 5590. The van der Waals surface area contributed by atoms with Crippen molar-refractivity contribution in [1.82, 2.24) is 76.2 Å². The van der Waals surface area contributed by atoms with Gasteiger partial charge in [-0.3, -0.25) is 14.4 Å². The van der Waals surface area contributed by atoms with E-state index in [0.717, 1.165) is 116 Å². The van der Waals surface area contributed by atoms with Crippen molar-refractivity contribution in [1.29, 1.82) is 0 Å². The van der Waals surface area contributed by atoms with E-state index < -0.39 is 63.2 Å². The number of piperidine rings is 3. The van der Waals surface area contributed by atoms with Gasteiger partial charge in [0.2, 0.25) is 0 Å². The number of nitrogens with two attached hydrogens (primary N) is 2. The van der Waals surface area contributed by atoms with E-state index in [1.807, 2.05) is 168 Å². The van der Waals surface area contributed by atoms with Gasteiger partial charge in [0.05, 0.1) is 10.8 Å². The number of oxime groups is 1. The molecule has 3 saturated heterocycles. The molecule has 0 spiro atoms. The van der Waals surface area contributed by atoms with Crippen molar-refractivity contribution in [2.45, 2.75) is 337 Å². The van der Waals surface area contributed by atoms with Crippen molar-refractivity contribution >= 4 is 135 Å². The van der Waals surface area contributed by atoms with Gasteiger partial charge in [-0.25, -0.2) is 24.0 Å². The van der Waals surface area contributed by atoms with Gasteiger partial charge in [-0.1, -0.05) is 212 Å². The van der Waals surface area contributed by atoms with Crippen LogP contribution in [-0.4, -0.2) is 253 Å². The van der Waals surface area contributed by atoms with Crippen LogP contribution in [0, 0.1) is 5.41 Å². The molecule has 18 rings (SSSR count). The molecule has 8 atom stereocenters. The predicted molar refractivity (Wildman–Crippen MR) is 555 cm³/mol. The Balaban J connectivity index is 0.000000155. The van der Waals surface area contributed by atoms with Crippen LogP contribution in [0.4, 0.5) is 24.0 Å². The Morgan fingerprint density at radius 3 is 1.11 bits per heavy atom. The molecule has 3 aliphatic heterocycles. The Kier molecular flexibility index (Phi) is 36.5. The number of hydrogen-bond donors (Lipinski definition) is 7. The molecule has 146 heavy (non-hydrogen) atoms. The molecule has 7 aromatic rings. The summed E-state index contributed by atoms with van der Waals surface area (Å²) >= 11 is 37.1. The molecule has 7 amide bonds. The number of nitrogens with zero attached hydrogens (tertiary/aromatic N) is 12. The lowest BCUT2D eigenvalue weighted by atomic mass is 10.0. The Labute approximate surface area is 889 Å². The number of likely N-dealkylation sites (tertiary alicyclic amines) is 2. The third kappa shape index (κ3) is 33.0. The fraction of sp³-hybridized carbons (Fsp3) is 0.625. The second-order valence-electron chi connectivity index (χ2n) is 45.2. The first-order valence-electron chi connectivity index (χ1n) is 50.3. The van der Waals surface area contributed by atoms with Gasteiger partial charge < -0.3 is 99.7 Å². The molecule has 9 N–H and O–H groups in total. The van der Waals surface area contributed by atoms with Gasteiger partial charge in [0.25, 0.3) is 18.7 Å². The van der Waals surface area contributed by atoms with Gasteiger partial charge >= 0.3 is 54.1 Å². The molecule has 11 fully saturated rings. The number of halogens is 7. The molecule has 0 unspecified atom stereocenters. The van der Waals surface area contributed by atoms with Crippen LogP contribution in [0.1, 0.15) is 310 Å². The van der Waals surface area contributed by atoms with Crippen LogP contribution in [0.2, 0.25) is 0 Å². The molecule has 42 heteroatoms. The van der Waals surface area contributed by atoms with E-state index in [0.29, 0.717) is 94.0 Å². The number of rotatable bonds is 24. The highest BCUT2D eigenvalue weighted by atomic mass is 35.6. The minimum Gasteiger partial charge on any atom is -0.444 e. The summed E-state index contributed by atoms with van der Waals surface area (Å²) in [5, 5.41) is 36.4. The van der Waals surface area contributed by atoms with Crippen molar-refractivity contribution in [3.8, 4) is 0 Å². The molecule has 35 nitrogen and oxygen atoms in total. The van der Waals surface area contributed by atoms with Crippen molar-refractivity contribution in [3.05, 3.63) is 179 Å². The normalized spacial score (nSPS) is 22.5. The summed E-state index contributed by atoms with van der Waals surface area (Å²) in [5.74, 6) is 2.78. The van der Waals surface area contributed by atoms with Crippen molar-refractivity contribution in [2.75, 3.05) is 65.4 Å². The smallest absolute Gasteiger partial charge is 0.410 e. The van der Waals surface area contributed by atoms with Crippen molar-refractivity contribution < 1.29 is 80.8 Å². The first kappa shape index (κ1) is 114. The van der Waals surface area contributed by atoms with Crippen LogP contribution < -0.4 is 32.7 Å². The van der Waals surface area contributed by atoms with Gasteiger partial charge in [0.1, 0.15) is 33.8 Å². The molecule has 4 aromatic carbocycles. The summed E-state index contributed by atoms with van der Waals surface area (Å²) < 4.78 is 39.9. The number of alkyl halides is 6. The van der Waals surface area contributed by atoms with Crippen LogP contribution in [-0.2, 0) is 48.5 Å². The molecular weight excluding hydrogens is 2020 g/mol. The largest absolute Gasteiger partial charge is 0.444 e. The first-order valence-corrected chi connectivity index (χ1v) is 53.0. The number of amidine groups is 1. The Morgan fingerprint density at radius 2 is 0.781 bits per heavy atom. The predicted octanol–water partition coefficient (Wildman–Crippen LogP) is 19.2. The highest BCUT2D eigenvalue weighted by Gasteiger charge is 2.60. The maximum atomic E-state index is 13.4. The summed E-state index contributed by atoms with van der Waals surface area (Å²) in [6.07, 6.45) is 13.9. The lowest BCUT2D eigenvalue weighted by Gasteiger charge is -2.32. The maximum Gasteiger partial charge on any atom is 0.410 e. The van der Waals surface area contributed by atoms with E-state index in [1.54, 1.807) is 14.7 Å². The average Bonchev–Trinajstić information content (AvgIpc) is 1.57. The van der Waals surface area contributed by atoms with Crippen molar-refractivity contribution in [3.63, 3.8) is 0 Å². The van der Waals surface area contributed by atoms with Gasteiger partial charge in [-0.2, -0.15) is 15.0 Å². The standard InChI is InChI=1S/C31H43N5O6.C21H24Cl3N3O3.C21H27N5O2.C19H27N3O3.C10H20N2O2.C2Cl4O/c1-29(2,3)40-27(38)32-21-12-16-35(17-13-21)25(37)24-33-26(34-42-24)31(14-15-31)19-36(28(39)41-30(4,5)6)23-18-22(23)20-10-8-7-9-11-20;1-19(2,3)29-18(28)27(15-11-14(15)13-7-5-4-6-8-13)12-20(9-10-20)16-25-17(30-26-16)21(22,23)24;22-15-6-10-26(11-7-15)19(27)18-24-20(25-28-18)21(8-9-21)13-23-17-12-16(17)14-4-2-1-3-5-14;1-18(2,3)25-17(23)22(12-19(9-10-19)16(20)21-24)15-11-14(15)13-7-5-4-6-8-13;1-10(2,3)14-9(13)12-8-4-6-11-7-5-8;3-1(7)2(4,5)6/h7-11,21-23H,12-19H2,1-6H3,(H,32,38);4-8,14-15H,9-12H2,1-3H3;1-5,15-17,23H,6-13,22H2;4-8,14-15,24H,9-12H2,1-3H3,(H2,20,21);8,11H,4-7H2,1-3H3,(H,12,13);/t22-,23+;14-,15+;16-,17+;14-,15+;;/m0000../s1. The maximum absolute atomic E-state index is 13.4. The molecule has 8 aliphatic carbocycles. The second kappa shape index (κ2) is 46.9. The summed E-state index contributed by atoms with van der Waals surface area (Å²) in [6, 6.07) is 42.4. The van der Waals surface area contributed by atoms with Gasteiger partial charge in [-0.05, 0) is 266 Å². The van der Waals surface area contributed by atoms with Gasteiger partial charge in [-0.15, -0.1) is 0 Å². The quantitative estimate of drug-likeness (QED) is 0.00562. The van der Waals surface area contributed by atoms with E-state index in [9.17, 15) is 38.4 Å². The highest BCUT2D eigenvalue weighted by molar-refractivity contribution is 6.88. The number of nitrogens with one attached hydrogen (secondary N) is 4. The minimum absolute atomic E-state index is 0.0308. The lowest BCUT2D eigenvalue weighted by Crippen LogP contribution is -2.47.